The number of nitrogens with zero attached hydrogens (tertiary/aromatic N) is 1. The number of hydrogen-bond acceptors (Lipinski definition) is 2. The van der Waals surface area contributed by atoms with Crippen molar-refractivity contribution in [2.45, 2.75) is 41.0 Å². The van der Waals surface area contributed by atoms with Gasteiger partial charge in [0.2, 0.25) is 6.08 Å². The van der Waals surface area contributed by atoms with Crippen LogP contribution in [0.15, 0.2) is 16.6 Å². The Morgan fingerprint density at radius 1 is 1.50 bits per heavy atom. The van der Waals surface area contributed by atoms with E-state index in [4.69, 9.17) is 0 Å². The molecule has 0 heterocycles. The lowest BCUT2D eigenvalue weighted by Crippen LogP contribution is -2.15. The Hall–Kier alpha value is -0.880. The standard InChI is InChI=1S/C12H21NO/c1-10(6-7-13-9-14)8-11(2)12(3,4)5/h8,11H,6-7H2,1-5H3. The quantitative estimate of drug-likeness (QED) is 0.384. The van der Waals surface area contributed by atoms with Crippen LogP contribution in [0.25, 0.3) is 0 Å². The van der Waals surface area contributed by atoms with Crippen molar-refractivity contribution in [1.29, 1.82) is 0 Å². The summed E-state index contributed by atoms with van der Waals surface area (Å²) in [5.41, 5.74) is 1.60. The molecule has 0 amide bonds. The minimum atomic E-state index is 0.301. The van der Waals surface area contributed by atoms with Crippen molar-refractivity contribution in [2.24, 2.45) is 16.3 Å². The molecule has 0 aliphatic carbocycles. The minimum absolute atomic E-state index is 0.301. The Morgan fingerprint density at radius 2 is 2.07 bits per heavy atom. The maximum Gasteiger partial charge on any atom is 0.234 e. The predicted molar refractivity (Wildman–Crippen MR) is 60.0 cm³/mol. The second-order valence-electron chi connectivity index (χ2n) is 4.89. The molecule has 1 atom stereocenters. The summed E-state index contributed by atoms with van der Waals surface area (Å²) in [5.74, 6) is 0.544. The van der Waals surface area contributed by atoms with Gasteiger partial charge in [0, 0.05) is 0 Å². The Morgan fingerprint density at radius 3 is 2.50 bits per heavy atom. The van der Waals surface area contributed by atoms with Gasteiger partial charge in [0.25, 0.3) is 0 Å². The first-order chi connectivity index (χ1) is 6.38. The van der Waals surface area contributed by atoms with Crippen molar-refractivity contribution in [2.75, 3.05) is 6.54 Å². The third-order valence-electron chi connectivity index (χ3n) is 2.58. The van der Waals surface area contributed by atoms with Crippen molar-refractivity contribution < 1.29 is 4.79 Å². The molecule has 0 fully saturated rings. The van der Waals surface area contributed by atoms with Crippen LogP contribution in [0.4, 0.5) is 0 Å². The Bertz CT molecular complexity index is 242. The molecule has 0 saturated heterocycles. The van der Waals surface area contributed by atoms with Gasteiger partial charge in [-0.15, -0.1) is 0 Å². The molecule has 0 rings (SSSR count). The third kappa shape index (κ3) is 5.71. The highest BCUT2D eigenvalue weighted by atomic mass is 16.1. The zero-order valence-electron chi connectivity index (χ0n) is 9.92. The summed E-state index contributed by atoms with van der Waals surface area (Å²) in [6.07, 6.45) is 4.68. The Balaban J connectivity index is 4.16. The van der Waals surface area contributed by atoms with Crippen LogP contribution in [-0.2, 0) is 4.79 Å². The van der Waals surface area contributed by atoms with Gasteiger partial charge >= 0.3 is 0 Å². The first-order valence-corrected chi connectivity index (χ1v) is 5.09. The maximum atomic E-state index is 9.86. The summed E-state index contributed by atoms with van der Waals surface area (Å²) in [6, 6.07) is 0. The van der Waals surface area contributed by atoms with Crippen molar-refractivity contribution >= 4 is 6.08 Å². The van der Waals surface area contributed by atoms with Gasteiger partial charge in [0.1, 0.15) is 0 Å². The average Bonchev–Trinajstić information content (AvgIpc) is 2.03. The molecule has 0 aromatic carbocycles. The van der Waals surface area contributed by atoms with Gasteiger partial charge in [-0.3, -0.25) is 0 Å². The molecule has 0 aliphatic heterocycles. The van der Waals surface area contributed by atoms with Crippen LogP contribution in [0.3, 0.4) is 0 Å². The lowest BCUT2D eigenvalue weighted by molar-refractivity contribution is 0.313. The number of carbonyl (C=O) groups excluding carboxylic acids is 1. The SMILES string of the molecule is CC(=CC(C)C(C)(C)C)CCN=C=O. The second-order valence-corrected chi connectivity index (χ2v) is 4.89. The predicted octanol–water partition coefficient (Wildman–Crippen LogP) is 3.34. The summed E-state index contributed by atoms with van der Waals surface area (Å²) in [5, 5.41) is 0. The van der Waals surface area contributed by atoms with Crippen molar-refractivity contribution in [1.82, 2.24) is 0 Å². The first kappa shape index (κ1) is 13.1. The van der Waals surface area contributed by atoms with E-state index in [0.29, 0.717) is 17.9 Å². The number of aliphatic imine (C=N–C) groups is 1. The van der Waals surface area contributed by atoms with Crippen molar-refractivity contribution in [3.8, 4) is 0 Å². The van der Waals surface area contributed by atoms with Crippen molar-refractivity contribution in [3.63, 3.8) is 0 Å². The van der Waals surface area contributed by atoms with E-state index >= 15 is 0 Å². The van der Waals surface area contributed by atoms with Gasteiger partial charge in [-0.05, 0) is 24.7 Å². The lowest BCUT2D eigenvalue weighted by Gasteiger charge is -2.25. The highest BCUT2D eigenvalue weighted by molar-refractivity contribution is 5.32. The van der Waals surface area contributed by atoms with E-state index < -0.39 is 0 Å². The smallest absolute Gasteiger partial charge is 0.211 e. The molecular weight excluding hydrogens is 174 g/mol. The molecule has 2 heteroatoms. The fourth-order valence-corrected chi connectivity index (χ4v) is 1.04. The lowest BCUT2D eigenvalue weighted by atomic mass is 9.81. The summed E-state index contributed by atoms with van der Waals surface area (Å²) in [6.45, 7) is 11.5. The largest absolute Gasteiger partial charge is 0.234 e. The van der Waals surface area contributed by atoms with Crippen LogP contribution < -0.4 is 0 Å². The summed E-state index contributed by atoms with van der Waals surface area (Å²) < 4.78 is 0. The molecule has 0 aromatic heterocycles. The molecular formula is C12H21NO. The molecule has 0 aliphatic rings. The zero-order valence-corrected chi connectivity index (χ0v) is 9.92. The third-order valence-corrected chi connectivity index (χ3v) is 2.58. The van der Waals surface area contributed by atoms with E-state index in [1.54, 1.807) is 6.08 Å². The first-order valence-electron chi connectivity index (χ1n) is 5.09. The van der Waals surface area contributed by atoms with Crippen LogP contribution in [0.2, 0.25) is 0 Å². The topological polar surface area (TPSA) is 29.4 Å². The van der Waals surface area contributed by atoms with E-state index in [2.05, 4.69) is 45.7 Å². The van der Waals surface area contributed by atoms with Crippen LogP contribution in [0.1, 0.15) is 41.0 Å². The van der Waals surface area contributed by atoms with Crippen molar-refractivity contribution in [3.05, 3.63) is 11.6 Å². The molecule has 0 spiro atoms. The highest BCUT2D eigenvalue weighted by Crippen LogP contribution is 2.27. The molecule has 0 radical (unpaired) electrons. The Kier molecular flexibility index (Phi) is 5.40. The number of allylic oxidation sites excluding steroid dienone is 1. The van der Waals surface area contributed by atoms with Crippen LogP contribution in [-0.4, -0.2) is 12.6 Å². The van der Waals surface area contributed by atoms with Gasteiger partial charge in [0.15, 0.2) is 0 Å². The normalized spacial score (nSPS) is 14.8. The van der Waals surface area contributed by atoms with E-state index in [0.717, 1.165) is 6.42 Å². The molecule has 0 N–H and O–H groups in total. The average molecular weight is 195 g/mol. The molecule has 1 unspecified atom stereocenters. The van der Waals surface area contributed by atoms with E-state index in [-0.39, 0.29) is 0 Å². The summed E-state index contributed by atoms with van der Waals surface area (Å²) >= 11 is 0. The number of hydrogen-bond donors (Lipinski definition) is 0. The number of isocyanates is 1. The highest BCUT2D eigenvalue weighted by Gasteiger charge is 2.17. The minimum Gasteiger partial charge on any atom is -0.211 e. The fourth-order valence-electron chi connectivity index (χ4n) is 1.04. The van der Waals surface area contributed by atoms with Gasteiger partial charge in [0.05, 0.1) is 6.54 Å². The van der Waals surface area contributed by atoms with Gasteiger partial charge in [-0.25, -0.2) is 9.79 Å². The monoisotopic (exact) mass is 195 g/mol. The second kappa shape index (κ2) is 5.77. The molecule has 2 nitrogen and oxygen atoms in total. The molecule has 0 saturated carbocycles. The summed E-state index contributed by atoms with van der Waals surface area (Å²) in [4.78, 5) is 13.4. The molecule has 0 aromatic rings. The molecule has 14 heavy (non-hydrogen) atoms. The van der Waals surface area contributed by atoms with Gasteiger partial charge < -0.3 is 0 Å². The van der Waals surface area contributed by atoms with Gasteiger partial charge in [-0.1, -0.05) is 39.3 Å². The molecule has 80 valence electrons. The van der Waals surface area contributed by atoms with Crippen LogP contribution >= 0.6 is 0 Å². The fraction of sp³-hybridized carbons (Fsp3) is 0.750. The van der Waals surface area contributed by atoms with Crippen LogP contribution in [0.5, 0.6) is 0 Å². The van der Waals surface area contributed by atoms with E-state index in [9.17, 15) is 4.79 Å². The number of rotatable bonds is 4. The van der Waals surface area contributed by atoms with E-state index in [1.165, 1.54) is 5.57 Å². The van der Waals surface area contributed by atoms with E-state index in [1.807, 2.05) is 0 Å². The van der Waals surface area contributed by atoms with Crippen LogP contribution in [0, 0.1) is 11.3 Å². The summed E-state index contributed by atoms with van der Waals surface area (Å²) in [7, 11) is 0. The zero-order chi connectivity index (χ0) is 11.2. The Labute approximate surface area is 87.1 Å². The maximum absolute atomic E-state index is 9.86. The van der Waals surface area contributed by atoms with Gasteiger partial charge in [-0.2, -0.15) is 0 Å². The molecule has 0 bridgehead atoms.